The van der Waals surface area contributed by atoms with E-state index in [2.05, 4.69) is 15.4 Å². The summed E-state index contributed by atoms with van der Waals surface area (Å²) in [4.78, 5) is 16.7. The fourth-order valence-corrected chi connectivity index (χ4v) is 2.27. The van der Waals surface area contributed by atoms with E-state index in [-0.39, 0.29) is 5.91 Å². The minimum atomic E-state index is -0.271. The van der Waals surface area contributed by atoms with Gasteiger partial charge in [0.15, 0.2) is 11.3 Å². The quantitative estimate of drug-likeness (QED) is 0.806. The summed E-state index contributed by atoms with van der Waals surface area (Å²) < 4.78 is 6.75. The molecule has 0 fully saturated rings. The van der Waals surface area contributed by atoms with Crippen LogP contribution >= 0.6 is 0 Å². The lowest BCUT2D eigenvalue weighted by atomic mass is 10.3. The molecule has 0 spiro atoms. The average Bonchev–Trinajstić information content (AvgIpc) is 2.92. The van der Waals surface area contributed by atoms with E-state index >= 15 is 0 Å². The molecule has 0 atom stereocenters. The number of nitrogens with one attached hydrogen (secondary N) is 1. The third-order valence-corrected chi connectivity index (χ3v) is 3.31. The fraction of sp³-hybridized carbons (Fsp3) is 0.188. The van der Waals surface area contributed by atoms with Gasteiger partial charge >= 0.3 is 0 Å². The Morgan fingerprint density at radius 3 is 2.59 bits per heavy atom. The van der Waals surface area contributed by atoms with Crippen molar-refractivity contribution in [3.63, 3.8) is 0 Å². The molecule has 1 amide bonds. The van der Waals surface area contributed by atoms with Crippen molar-refractivity contribution >= 4 is 17.2 Å². The van der Waals surface area contributed by atoms with Gasteiger partial charge in [0.1, 0.15) is 5.75 Å². The zero-order valence-electron chi connectivity index (χ0n) is 12.6. The van der Waals surface area contributed by atoms with Crippen molar-refractivity contribution in [1.29, 1.82) is 0 Å². The van der Waals surface area contributed by atoms with Crippen LogP contribution in [0.5, 0.6) is 5.75 Å². The zero-order chi connectivity index (χ0) is 15.7. The van der Waals surface area contributed by atoms with E-state index in [1.807, 2.05) is 19.9 Å². The van der Waals surface area contributed by atoms with Crippen molar-refractivity contribution in [2.24, 2.45) is 0 Å². The number of carbonyl (C=O) groups is 1. The van der Waals surface area contributed by atoms with E-state index in [1.165, 1.54) is 0 Å². The maximum Gasteiger partial charge on any atom is 0.276 e. The summed E-state index contributed by atoms with van der Waals surface area (Å²) in [7, 11) is 1.60. The molecular weight excluding hydrogens is 280 g/mol. The number of methoxy groups -OCH3 is 1. The first-order valence-electron chi connectivity index (χ1n) is 6.86. The van der Waals surface area contributed by atoms with Crippen molar-refractivity contribution in [2.75, 3.05) is 12.4 Å². The van der Waals surface area contributed by atoms with Crippen LogP contribution < -0.4 is 10.1 Å². The van der Waals surface area contributed by atoms with Crippen molar-refractivity contribution in [1.82, 2.24) is 14.6 Å². The number of carbonyl (C=O) groups excluding carboxylic acids is 1. The molecule has 0 saturated carbocycles. The number of anilines is 1. The summed E-state index contributed by atoms with van der Waals surface area (Å²) in [6.07, 6.45) is 0. The highest BCUT2D eigenvalue weighted by Gasteiger charge is 2.13. The number of benzene rings is 1. The first-order chi connectivity index (χ1) is 10.6. The lowest BCUT2D eigenvalue weighted by Crippen LogP contribution is -2.12. The molecule has 0 bridgehead atoms. The van der Waals surface area contributed by atoms with Crippen LogP contribution in [0.2, 0.25) is 0 Å². The first-order valence-corrected chi connectivity index (χ1v) is 6.86. The maximum absolute atomic E-state index is 12.3. The summed E-state index contributed by atoms with van der Waals surface area (Å²) in [6, 6.07) is 10.7. The predicted octanol–water partition coefficient (Wildman–Crippen LogP) is 2.61. The topological polar surface area (TPSA) is 68.5 Å². The number of ether oxygens (including phenoxy) is 1. The van der Waals surface area contributed by atoms with Gasteiger partial charge in [-0.1, -0.05) is 0 Å². The minimum absolute atomic E-state index is 0.271. The first kappa shape index (κ1) is 14.1. The van der Waals surface area contributed by atoms with Gasteiger partial charge in [-0.15, -0.1) is 0 Å². The highest BCUT2D eigenvalue weighted by molar-refractivity contribution is 6.03. The fourth-order valence-electron chi connectivity index (χ4n) is 2.27. The maximum atomic E-state index is 12.3. The van der Waals surface area contributed by atoms with Crippen LogP contribution in [0.25, 0.3) is 5.65 Å². The Morgan fingerprint density at radius 1 is 1.18 bits per heavy atom. The third kappa shape index (κ3) is 2.63. The smallest absolute Gasteiger partial charge is 0.276 e. The lowest BCUT2D eigenvalue weighted by molar-refractivity contribution is 0.102. The highest BCUT2D eigenvalue weighted by Crippen LogP contribution is 2.16. The Bertz CT molecular complexity index is 837. The van der Waals surface area contributed by atoms with E-state index in [4.69, 9.17) is 4.74 Å². The van der Waals surface area contributed by atoms with E-state index in [1.54, 1.807) is 42.0 Å². The van der Waals surface area contributed by atoms with Crippen LogP contribution in [-0.4, -0.2) is 27.6 Å². The summed E-state index contributed by atoms with van der Waals surface area (Å²) in [5.74, 6) is 0.466. The van der Waals surface area contributed by atoms with E-state index < -0.39 is 0 Å². The highest BCUT2D eigenvalue weighted by atomic mass is 16.5. The van der Waals surface area contributed by atoms with Gasteiger partial charge in [0, 0.05) is 23.1 Å². The third-order valence-electron chi connectivity index (χ3n) is 3.31. The molecule has 0 aliphatic heterocycles. The van der Waals surface area contributed by atoms with Gasteiger partial charge in [0.25, 0.3) is 5.91 Å². The van der Waals surface area contributed by atoms with Crippen molar-refractivity contribution in [3.05, 3.63) is 53.5 Å². The lowest BCUT2D eigenvalue weighted by Gasteiger charge is -2.04. The number of rotatable bonds is 3. The SMILES string of the molecule is COc1ccc(NC(=O)c2cc3nc(C)cc(C)n3n2)cc1. The molecule has 2 heterocycles. The molecule has 0 saturated heterocycles. The van der Waals surface area contributed by atoms with Crippen molar-refractivity contribution in [3.8, 4) is 5.75 Å². The molecule has 1 aromatic carbocycles. The van der Waals surface area contributed by atoms with Crippen molar-refractivity contribution in [2.45, 2.75) is 13.8 Å². The van der Waals surface area contributed by atoms with Gasteiger partial charge in [0.2, 0.25) is 0 Å². The Hall–Kier alpha value is -2.89. The number of fused-ring (bicyclic) bond motifs is 1. The summed E-state index contributed by atoms with van der Waals surface area (Å²) in [5.41, 5.74) is 3.51. The number of aryl methyl sites for hydroxylation is 2. The minimum Gasteiger partial charge on any atom is -0.497 e. The van der Waals surface area contributed by atoms with Gasteiger partial charge in [-0.25, -0.2) is 9.50 Å². The van der Waals surface area contributed by atoms with Crippen LogP contribution in [-0.2, 0) is 0 Å². The molecule has 6 heteroatoms. The summed E-state index contributed by atoms with van der Waals surface area (Å²) >= 11 is 0. The van der Waals surface area contributed by atoms with Crippen LogP contribution in [0.3, 0.4) is 0 Å². The van der Waals surface area contributed by atoms with Crippen LogP contribution in [0.1, 0.15) is 21.9 Å². The second-order valence-electron chi connectivity index (χ2n) is 5.02. The molecule has 0 aliphatic carbocycles. The normalized spacial score (nSPS) is 10.7. The van der Waals surface area contributed by atoms with Gasteiger partial charge < -0.3 is 10.1 Å². The van der Waals surface area contributed by atoms with Crippen molar-refractivity contribution < 1.29 is 9.53 Å². The Kier molecular flexibility index (Phi) is 3.50. The molecule has 1 N–H and O–H groups in total. The molecule has 0 aliphatic rings. The zero-order valence-corrected chi connectivity index (χ0v) is 12.6. The molecule has 3 rings (SSSR count). The van der Waals surface area contributed by atoms with Gasteiger partial charge in [-0.2, -0.15) is 5.10 Å². The molecule has 0 unspecified atom stereocenters. The Morgan fingerprint density at radius 2 is 1.91 bits per heavy atom. The molecule has 0 radical (unpaired) electrons. The van der Waals surface area contributed by atoms with Gasteiger partial charge in [0.05, 0.1) is 7.11 Å². The van der Waals surface area contributed by atoms with Crippen LogP contribution in [0.15, 0.2) is 36.4 Å². The van der Waals surface area contributed by atoms with E-state index in [9.17, 15) is 4.79 Å². The molecule has 22 heavy (non-hydrogen) atoms. The van der Waals surface area contributed by atoms with Gasteiger partial charge in [-0.05, 0) is 44.2 Å². The number of hydrogen-bond donors (Lipinski definition) is 1. The molecule has 2 aromatic heterocycles. The predicted molar refractivity (Wildman–Crippen MR) is 83.4 cm³/mol. The van der Waals surface area contributed by atoms with E-state index in [0.29, 0.717) is 17.0 Å². The monoisotopic (exact) mass is 296 g/mol. The second-order valence-corrected chi connectivity index (χ2v) is 5.02. The number of aromatic nitrogens is 3. The second kappa shape index (κ2) is 5.48. The number of hydrogen-bond acceptors (Lipinski definition) is 4. The van der Waals surface area contributed by atoms with E-state index in [0.717, 1.165) is 17.1 Å². The molecule has 112 valence electrons. The molecule has 3 aromatic rings. The largest absolute Gasteiger partial charge is 0.497 e. The van der Waals surface area contributed by atoms with Gasteiger partial charge in [-0.3, -0.25) is 4.79 Å². The number of amides is 1. The average molecular weight is 296 g/mol. The Balaban J connectivity index is 1.86. The summed E-state index contributed by atoms with van der Waals surface area (Å²) in [6.45, 7) is 3.84. The molecule has 6 nitrogen and oxygen atoms in total. The number of nitrogens with zero attached hydrogens (tertiary/aromatic N) is 3. The summed E-state index contributed by atoms with van der Waals surface area (Å²) in [5, 5.41) is 7.11. The van der Waals surface area contributed by atoms with Crippen LogP contribution in [0, 0.1) is 13.8 Å². The standard InChI is InChI=1S/C16H16N4O2/c1-10-8-11(2)20-15(17-10)9-14(19-20)16(21)18-12-4-6-13(22-3)7-5-12/h4-9H,1-3H3,(H,18,21). The van der Waals surface area contributed by atoms with Crippen LogP contribution in [0.4, 0.5) is 5.69 Å². The Labute approximate surface area is 127 Å². The molecular formula is C16H16N4O2.